The van der Waals surface area contributed by atoms with Crippen LogP contribution in [0.4, 0.5) is 0 Å². The largest absolute Gasteiger partial charge is 0.388 e. The second-order valence-corrected chi connectivity index (χ2v) is 6.58. The average molecular weight is 324 g/mol. The number of aliphatic hydroxyl groups is 1. The van der Waals surface area contributed by atoms with E-state index in [1.54, 1.807) is 17.1 Å². The van der Waals surface area contributed by atoms with E-state index in [4.69, 9.17) is 0 Å². The number of para-hydroxylation sites is 1. The second kappa shape index (κ2) is 5.87. The zero-order valence-electron chi connectivity index (χ0n) is 13.4. The first kappa shape index (κ1) is 15.1. The lowest BCUT2D eigenvalue weighted by atomic mass is 9.85. The predicted molar refractivity (Wildman–Crippen MR) is 91.2 cm³/mol. The third-order valence-corrected chi connectivity index (χ3v) is 4.82. The molecule has 0 amide bonds. The van der Waals surface area contributed by atoms with Crippen LogP contribution in [0.1, 0.15) is 32.1 Å². The Kier molecular flexibility index (Phi) is 3.69. The summed E-state index contributed by atoms with van der Waals surface area (Å²) < 4.78 is 3.09. The van der Waals surface area contributed by atoms with Crippen LogP contribution < -0.4 is 5.56 Å². The van der Waals surface area contributed by atoms with Crippen molar-refractivity contribution in [1.82, 2.24) is 19.6 Å². The van der Waals surface area contributed by atoms with E-state index in [2.05, 4.69) is 10.2 Å². The van der Waals surface area contributed by atoms with Gasteiger partial charge < -0.3 is 5.11 Å². The Bertz CT molecular complexity index is 908. The SMILES string of the molecule is O=c1c2cnn(-c3ccccc3)c2cnn1CC1(O)CCCCC1. The quantitative estimate of drug-likeness (QED) is 0.802. The molecule has 0 unspecified atom stereocenters. The molecule has 1 fully saturated rings. The molecule has 1 aliphatic carbocycles. The monoisotopic (exact) mass is 324 g/mol. The minimum atomic E-state index is -0.821. The van der Waals surface area contributed by atoms with Gasteiger partial charge in [0.1, 0.15) is 0 Å². The number of hydrogen-bond acceptors (Lipinski definition) is 4. The van der Waals surface area contributed by atoms with Crippen LogP contribution in [0.5, 0.6) is 0 Å². The normalized spacial score (nSPS) is 17.2. The van der Waals surface area contributed by atoms with Crippen molar-refractivity contribution in [2.24, 2.45) is 0 Å². The predicted octanol–water partition coefficient (Wildman–Crippen LogP) is 2.28. The lowest BCUT2D eigenvalue weighted by molar-refractivity contribution is -0.0153. The molecule has 2 heterocycles. The highest BCUT2D eigenvalue weighted by Gasteiger charge is 2.30. The van der Waals surface area contributed by atoms with Gasteiger partial charge in [0, 0.05) is 0 Å². The van der Waals surface area contributed by atoms with Gasteiger partial charge in [0.05, 0.1) is 41.1 Å². The smallest absolute Gasteiger partial charge is 0.277 e. The fraction of sp³-hybridized carbons (Fsp3) is 0.389. The van der Waals surface area contributed by atoms with Crippen molar-refractivity contribution < 1.29 is 5.11 Å². The third-order valence-electron chi connectivity index (χ3n) is 4.82. The molecule has 2 aromatic heterocycles. The molecule has 24 heavy (non-hydrogen) atoms. The molecule has 4 rings (SSSR count). The maximum Gasteiger partial charge on any atom is 0.277 e. The molecule has 6 heteroatoms. The molecule has 0 aliphatic heterocycles. The van der Waals surface area contributed by atoms with Crippen LogP contribution in [-0.4, -0.2) is 30.3 Å². The Morgan fingerprint density at radius 3 is 2.54 bits per heavy atom. The minimum absolute atomic E-state index is 0.200. The number of nitrogens with zero attached hydrogens (tertiary/aromatic N) is 4. The highest BCUT2D eigenvalue weighted by atomic mass is 16.3. The van der Waals surface area contributed by atoms with Gasteiger partial charge in [0.25, 0.3) is 5.56 Å². The Balaban J connectivity index is 1.73. The summed E-state index contributed by atoms with van der Waals surface area (Å²) in [5, 5.41) is 19.8. The molecule has 0 radical (unpaired) electrons. The molecule has 6 nitrogen and oxygen atoms in total. The lowest BCUT2D eigenvalue weighted by Gasteiger charge is -2.31. The fourth-order valence-corrected chi connectivity index (χ4v) is 3.50. The van der Waals surface area contributed by atoms with E-state index in [0.717, 1.165) is 37.8 Å². The number of benzene rings is 1. The van der Waals surface area contributed by atoms with Gasteiger partial charge in [-0.05, 0) is 25.0 Å². The van der Waals surface area contributed by atoms with Crippen molar-refractivity contribution in [3.05, 3.63) is 53.1 Å². The molecule has 0 bridgehead atoms. The van der Waals surface area contributed by atoms with Crippen LogP contribution in [-0.2, 0) is 6.54 Å². The maximum atomic E-state index is 12.7. The second-order valence-electron chi connectivity index (χ2n) is 6.58. The molecule has 1 saturated carbocycles. The van der Waals surface area contributed by atoms with E-state index in [1.165, 1.54) is 4.68 Å². The van der Waals surface area contributed by atoms with Crippen molar-refractivity contribution in [2.75, 3.05) is 0 Å². The first-order chi connectivity index (χ1) is 11.7. The first-order valence-corrected chi connectivity index (χ1v) is 8.38. The van der Waals surface area contributed by atoms with Gasteiger partial charge in [-0.2, -0.15) is 10.2 Å². The Labute approximate surface area is 139 Å². The molecule has 124 valence electrons. The lowest BCUT2D eigenvalue weighted by Crippen LogP contribution is -2.40. The molecule has 1 N–H and O–H groups in total. The third kappa shape index (κ3) is 2.63. The highest BCUT2D eigenvalue weighted by molar-refractivity contribution is 5.78. The van der Waals surface area contributed by atoms with E-state index in [1.807, 2.05) is 30.3 Å². The van der Waals surface area contributed by atoms with Gasteiger partial charge in [0.2, 0.25) is 0 Å². The Morgan fingerprint density at radius 2 is 1.79 bits per heavy atom. The zero-order chi connectivity index (χ0) is 16.6. The summed E-state index contributed by atoms with van der Waals surface area (Å²) in [5.41, 5.74) is 0.544. The summed E-state index contributed by atoms with van der Waals surface area (Å²) in [5.74, 6) is 0. The molecule has 3 aromatic rings. The average Bonchev–Trinajstić information content (AvgIpc) is 3.03. The highest BCUT2D eigenvalue weighted by Crippen LogP contribution is 2.29. The van der Waals surface area contributed by atoms with Crippen LogP contribution in [0, 0.1) is 0 Å². The van der Waals surface area contributed by atoms with Gasteiger partial charge in [-0.25, -0.2) is 9.36 Å². The van der Waals surface area contributed by atoms with Gasteiger partial charge in [0.15, 0.2) is 0 Å². The molecule has 0 spiro atoms. The van der Waals surface area contributed by atoms with Crippen LogP contribution in [0.15, 0.2) is 47.5 Å². The Morgan fingerprint density at radius 1 is 1.04 bits per heavy atom. The summed E-state index contributed by atoms with van der Waals surface area (Å²) in [6.07, 6.45) is 7.83. The Hall–Kier alpha value is -2.47. The van der Waals surface area contributed by atoms with Crippen molar-refractivity contribution >= 4 is 10.9 Å². The minimum Gasteiger partial charge on any atom is -0.388 e. The summed E-state index contributed by atoms with van der Waals surface area (Å²) in [7, 11) is 0. The van der Waals surface area contributed by atoms with E-state index in [9.17, 15) is 9.90 Å². The number of fused-ring (bicyclic) bond motifs is 1. The standard InChI is InChI=1S/C18H20N4O2/c23-17-15-11-20-22(14-7-3-1-4-8-14)16(15)12-19-21(17)13-18(24)9-5-2-6-10-18/h1,3-4,7-8,11-12,24H,2,5-6,9-10,13H2. The zero-order valence-corrected chi connectivity index (χ0v) is 13.4. The molecular weight excluding hydrogens is 304 g/mol. The summed E-state index contributed by atoms with van der Waals surface area (Å²) in [6.45, 7) is 0.248. The fourth-order valence-electron chi connectivity index (χ4n) is 3.50. The van der Waals surface area contributed by atoms with E-state index in [-0.39, 0.29) is 12.1 Å². The van der Waals surface area contributed by atoms with Crippen molar-refractivity contribution in [3.63, 3.8) is 0 Å². The van der Waals surface area contributed by atoms with Crippen LogP contribution in [0.25, 0.3) is 16.6 Å². The van der Waals surface area contributed by atoms with Gasteiger partial charge in [-0.1, -0.05) is 37.5 Å². The van der Waals surface area contributed by atoms with Crippen molar-refractivity contribution in [3.8, 4) is 5.69 Å². The number of hydrogen-bond donors (Lipinski definition) is 1. The van der Waals surface area contributed by atoms with E-state index >= 15 is 0 Å². The van der Waals surface area contributed by atoms with Gasteiger partial charge in [-0.15, -0.1) is 0 Å². The van der Waals surface area contributed by atoms with E-state index < -0.39 is 5.60 Å². The molecule has 1 aliphatic rings. The summed E-state index contributed by atoms with van der Waals surface area (Å²) >= 11 is 0. The van der Waals surface area contributed by atoms with Crippen LogP contribution in [0.2, 0.25) is 0 Å². The maximum absolute atomic E-state index is 12.7. The van der Waals surface area contributed by atoms with Crippen molar-refractivity contribution in [2.45, 2.75) is 44.2 Å². The van der Waals surface area contributed by atoms with Gasteiger partial charge >= 0.3 is 0 Å². The molecule has 0 atom stereocenters. The topological polar surface area (TPSA) is 72.9 Å². The molecule has 0 saturated heterocycles. The van der Waals surface area contributed by atoms with Crippen LogP contribution >= 0.6 is 0 Å². The molecule has 1 aromatic carbocycles. The summed E-state index contributed by atoms with van der Waals surface area (Å²) in [6, 6.07) is 9.66. The van der Waals surface area contributed by atoms with Crippen molar-refractivity contribution in [1.29, 1.82) is 0 Å². The van der Waals surface area contributed by atoms with Crippen LogP contribution in [0.3, 0.4) is 0 Å². The number of aromatic nitrogens is 4. The summed E-state index contributed by atoms with van der Waals surface area (Å²) in [4.78, 5) is 12.7. The van der Waals surface area contributed by atoms with E-state index in [0.29, 0.717) is 10.9 Å². The first-order valence-electron chi connectivity index (χ1n) is 8.38. The number of rotatable bonds is 3. The molecular formula is C18H20N4O2. The van der Waals surface area contributed by atoms with Gasteiger partial charge in [-0.3, -0.25) is 4.79 Å².